The van der Waals surface area contributed by atoms with E-state index in [-0.39, 0.29) is 12.1 Å². The molecule has 0 bridgehead atoms. The Morgan fingerprint density at radius 3 is 2.85 bits per heavy atom. The highest BCUT2D eigenvalue weighted by Gasteiger charge is 2.13. The van der Waals surface area contributed by atoms with E-state index < -0.39 is 0 Å². The van der Waals surface area contributed by atoms with E-state index in [0.29, 0.717) is 0 Å². The van der Waals surface area contributed by atoms with Crippen molar-refractivity contribution in [2.24, 2.45) is 0 Å². The van der Waals surface area contributed by atoms with Crippen LogP contribution >= 0.6 is 0 Å². The lowest BCUT2D eigenvalue weighted by Gasteiger charge is -2.19. The number of hydrogen-bond acceptors (Lipinski definition) is 3. The lowest BCUT2D eigenvalue weighted by molar-refractivity contribution is 0.242. The van der Waals surface area contributed by atoms with Gasteiger partial charge in [0.1, 0.15) is 11.6 Å². The number of aromatic nitrogens is 2. The summed E-state index contributed by atoms with van der Waals surface area (Å²) in [5, 5.41) is 3.50. The van der Waals surface area contributed by atoms with E-state index >= 15 is 0 Å². The van der Waals surface area contributed by atoms with E-state index in [9.17, 15) is 0 Å². The molecular weight excluding hydrogens is 250 g/mol. The molecule has 108 valence electrons. The van der Waals surface area contributed by atoms with Crippen LogP contribution in [0, 0.1) is 0 Å². The van der Waals surface area contributed by atoms with Gasteiger partial charge in [0.05, 0.1) is 6.10 Å². The number of benzene rings is 1. The van der Waals surface area contributed by atoms with Gasteiger partial charge in [0.15, 0.2) is 0 Å². The van der Waals surface area contributed by atoms with E-state index in [1.54, 1.807) is 6.20 Å². The van der Waals surface area contributed by atoms with E-state index in [2.05, 4.69) is 34.3 Å². The molecule has 0 fully saturated rings. The van der Waals surface area contributed by atoms with Gasteiger partial charge in [-0.3, -0.25) is 0 Å². The van der Waals surface area contributed by atoms with Crippen LogP contribution in [0.25, 0.3) is 0 Å². The Bertz CT molecular complexity index is 508. The third kappa shape index (κ3) is 4.10. The van der Waals surface area contributed by atoms with Crippen molar-refractivity contribution in [3.8, 4) is 5.75 Å². The van der Waals surface area contributed by atoms with Gasteiger partial charge in [-0.15, -0.1) is 0 Å². The van der Waals surface area contributed by atoms with Crippen molar-refractivity contribution in [1.29, 1.82) is 0 Å². The van der Waals surface area contributed by atoms with Gasteiger partial charge in [-0.25, -0.2) is 4.98 Å². The first-order valence-corrected chi connectivity index (χ1v) is 7.17. The Hall–Kier alpha value is -1.81. The van der Waals surface area contributed by atoms with Crippen molar-refractivity contribution >= 4 is 0 Å². The zero-order valence-electron chi connectivity index (χ0n) is 12.4. The number of likely N-dealkylation sites (N-methyl/N-ethyl adjacent to an activating group) is 1. The van der Waals surface area contributed by atoms with Gasteiger partial charge in [0.2, 0.25) is 0 Å². The second kappa shape index (κ2) is 7.10. The van der Waals surface area contributed by atoms with Crippen molar-refractivity contribution < 1.29 is 4.74 Å². The molecule has 2 rings (SSSR count). The molecule has 1 atom stereocenters. The lowest BCUT2D eigenvalue weighted by Crippen LogP contribution is -2.23. The molecule has 0 amide bonds. The Morgan fingerprint density at radius 1 is 1.35 bits per heavy atom. The van der Waals surface area contributed by atoms with E-state index in [4.69, 9.17) is 4.74 Å². The van der Waals surface area contributed by atoms with Gasteiger partial charge < -0.3 is 15.0 Å². The Balaban J connectivity index is 2.15. The molecule has 0 aliphatic carbocycles. The quantitative estimate of drug-likeness (QED) is 0.815. The summed E-state index contributed by atoms with van der Waals surface area (Å²) in [4.78, 5) is 7.47. The van der Waals surface area contributed by atoms with Crippen molar-refractivity contribution in [2.45, 2.75) is 39.3 Å². The smallest absolute Gasteiger partial charge is 0.120 e. The molecule has 2 aromatic rings. The molecule has 1 aromatic heterocycles. The van der Waals surface area contributed by atoms with Crippen LogP contribution in [-0.4, -0.2) is 22.6 Å². The number of ether oxygens (including phenoxy) is 1. The number of rotatable bonds is 7. The number of imidazole rings is 1. The first-order valence-electron chi connectivity index (χ1n) is 7.17. The second-order valence-corrected chi connectivity index (χ2v) is 5.09. The molecule has 4 heteroatoms. The van der Waals surface area contributed by atoms with Crippen LogP contribution in [-0.2, 0) is 6.42 Å². The standard InChI is InChI=1S/C16H23N3O/c1-4-17-15(11-16-18-8-9-19-16)13-6-5-7-14(10-13)20-12(2)3/h5-10,12,15,17H,4,11H2,1-3H3,(H,18,19). The first-order chi connectivity index (χ1) is 9.69. The van der Waals surface area contributed by atoms with Gasteiger partial charge in [-0.1, -0.05) is 19.1 Å². The molecule has 0 aliphatic rings. The fraction of sp³-hybridized carbons (Fsp3) is 0.438. The van der Waals surface area contributed by atoms with Gasteiger partial charge in [-0.2, -0.15) is 0 Å². The van der Waals surface area contributed by atoms with Crippen LogP contribution in [0.5, 0.6) is 5.75 Å². The summed E-state index contributed by atoms with van der Waals surface area (Å²) >= 11 is 0. The SMILES string of the molecule is CCNC(Cc1ncc[nH]1)c1cccc(OC(C)C)c1. The first kappa shape index (κ1) is 14.6. The zero-order chi connectivity index (χ0) is 14.4. The predicted octanol–water partition coefficient (Wildman–Crippen LogP) is 3.09. The third-order valence-electron chi connectivity index (χ3n) is 3.04. The third-order valence-corrected chi connectivity index (χ3v) is 3.04. The monoisotopic (exact) mass is 273 g/mol. The summed E-state index contributed by atoms with van der Waals surface area (Å²) in [6.07, 6.45) is 4.67. The van der Waals surface area contributed by atoms with Crippen LogP contribution < -0.4 is 10.1 Å². The van der Waals surface area contributed by atoms with E-state index in [1.165, 1.54) is 5.56 Å². The summed E-state index contributed by atoms with van der Waals surface area (Å²) in [6, 6.07) is 8.51. The molecule has 2 N–H and O–H groups in total. The largest absolute Gasteiger partial charge is 0.491 e. The second-order valence-electron chi connectivity index (χ2n) is 5.09. The van der Waals surface area contributed by atoms with E-state index in [1.807, 2.05) is 32.2 Å². The maximum absolute atomic E-state index is 5.77. The summed E-state index contributed by atoms with van der Waals surface area (Å²) in [5.41, 5.74) is 1.22. The molecule has 0 aliphatic heterocycles. The molecule has 0 radical (unpaired) electrons. The minimum absolute atomic E-state index is 0.188. The van der Waals surface area contributed by atoms with Crippen LogP contribution in [0.4, 0.5) is 0 Å². The van der Waals surface area contributed by atoms with Crippen LogP contribution in [0.1, 0.15) is 38.2 Å². The Kier molecular flexibility index (Phi) is 5.18. The fourth-order valence-electron chi connectivity index (χ4n) is 2.23. The maximum Gasteiger partial charge on any atom is 0.120 e. The Morgan fingerprint density at radius 2 is 2.20 bits per heavy atom. The fourth-order valence-corrected chi connectivity index (χ4v) is 2.23. The normalized spacial score (nSPS) is 12.6. The van der Waals surface area contributed by atoms with Crippen molar-refractivity contribution in [3.05, 3.63) is 48.0 Å². The number of nitrogens with zero attached hydrogens (tertiary/aromatic N) is 1. The minimum atomic E-state index is 0.188. The summed E-state index contributed by atoms with van der Waals surface area (Å²) in [7, 11) is 0. The maximum atomic E-state index is 5.77. The predicted molar refractivity (Wildman–Crippen MR) is 80.9 cm³/mol. The topological polar surface area (TPSA) is 49.9 Å². The van der Waals surface area contributed by atoms with Crippen molar-refractivity contribution in [2.75, 3.05) is 6.54 Å². The van der Waals surface area contributed by atoms with Gasteiger partial charge in [-0.05, 0) is 38.1 Å². The van der Waals surface area contributed by atoms with Gasteiger partial charge >= 0.3 is 0 Å². The highest BCUT2D eigenvalue weighted by molar-refractivity contribution is 5.31. The molecule has 1 aromatic carbocycles. The molecule has 0 saturated carbocycles. The molecule has 0 saturated heterocycles. The average Bonchev–Trinajstić information content (AvgIpc) is 2.91. The molecule has 1 unspecified atom stereocenters. The molecule has 4 nitrogen and oxygen atoms in total. The molecular formula is C16H23N3O. The van der Waals surface area contributed by atoms with Crippen molar-refractivity contribution in [1.82, 2.24) is 15.3 Å². The van der Waals surface area contributed by atoms with Crippen LogP contribution in [0.3, 0.4) is 0 Å². The highest BCUT2D eigenvalue weighted by Crippen LogP contribution is 2.22. The number of aromatic amines is 1. The zero-order valence-corrected chi connectivity index (χ0v) is 12.4. The van der Waals surface area contributed by atoms with Crippen LogP contribution in [0.15, 0.2) is 36.7 Å². The number of hydrogen-bond donors (Lipinski definition) is 2. The lowest BCUT2D eigenvalue weighted by atomic mass is 10.0. The molecule has 0 spiro atoms. The summed E-state index contributed by atoms with van der Waals surface area (Å²) in [6.45, 7) is 7.11. The molecule has 20 heavy (non-hydrogen) atoms. The van der Waals surface area contributed by atoms with Gasteiger partial charge in [0, 0.05) is 24.9 Å². The summed E-state index contributed by atoms with van der Waals surface area (Å²) in [5.74, 6) is 1.91. The number of nitrogens with one attached hydrogen (secondary N) is 2. The van der Waals surface area contributed by atoms with Gasteiger partial charge in [0.25, 0.3) is 0 Å². The van der Waals surface area contributed by atoms with E-state index in [0.717, 1.165) is 24.5 Å². The average molecular weight is 273 g/mol. The van der Waals surface area contributed by atoms with Crippen molar-refractivity contribution in [3.63, 3.8) is 0 Å². The minimum Gasteiger partial charge on any atom is -0.491 e. The molecule has 1 heterocycles. The highest BCUT2D eigenvalue weighted by atomic mass is 16.5. The summed E-state index contributed by atoms with van der Waals surface area (Å²) < 4.78 is 5.77. The Labute approximate surface area is 120 Å². The number of H-pyrrole nitrogens is 1. The van der Waals surface area contributed by atoms with Crippen LogP contribution in [0.2, 0.25) is 0 Å².